The van der Waals surface area contributed by atoms with Crippen LogP contribution < -0.4 is 9.47 Å². The maximum Gasteiger partial charge on any atom is 0.331 e. The van der Waals surface area contributed by atoms with Gasteiger partial charge in [0.25, 0.3) is 5.69 Å². The SMILES string of the molecule is O=C(C=Cc1cccc([N+](=O)[O-])c1)OCC(=O)c1ccc2c(c1)OCCO2. The molecular formula is C19H15NO7. The van der Waals surface area contributed by atoms with Crippen molar-refractivity contribution < 1.29 is 28.7 Å². The van der Waals surface area contributed by atoms with Crippen molar-refractivity contribution in [1.29, 1.82) is 0 Å². The number of ketones is 1. The van der Waals surface area contributed by atoms with E-state index in [1.54, 1.807) is 24.3 Å². The van der Waals surface area contributed by atoms with Gasteiger partial charge in [-0.2, -0.15) is 0 Å². The molecule has 2 aromatic rings. The molecule has 0 saturated carbocycles. The molecule has 0 bridgehead atoms. The molecule has 0 fully saturated rings. The lowest BCUT2D eigenvalue weighted by molar-refractivity contribution is -0.384. The molecule has 2 aromatic carbocycles. The van der Waals surface area contributed by atoms with Crippen molar-refractivity contribution in [3.05, 3.63) is 69.8 Å². The van der Waals surface area contributed by atoms with Gasteiger partial charge in [0.1, 0.15) is 13.2 Å². The molecule has 3 rings (SSSR count). The zero-order valence-corrected chi connectivity index (χ0v) is 14.1. The Balaban J connectivity index is 1.56. The van der Waals surface area contributed by atoms with E-state index in [0.717, 1.165) is 6.08 Å². The van der Waals surface area contributed by atoms with Gasteiger partial charge < -0.3 is 14.2 Å². The smallest absolute Gasteiger partial charge is 0.331 e. The Morgan fingerprint density at radius 3 is 2.67 bits per heavy atom. The van der Waals surface area contributed by atoms with Crippen LogP contribution in [0.25, 0.3) is 6.08 Å². The second-order valence-electron chi connectivity index (χ2n) is 5.57. The van der Waals surface area contributed by atoms with Gasteiger partial charge >= 0.3 is 5.97 Å². The number of hydrogen-bond acceptors (Lipinski definition) is 7. The van der Waals surface area contributed by atoms with Gasteiger partial charge in [0, 0.05) is 23.8 Å². The summed E-state index contributed by atoms with van der Waals surface area (Å²) in [6.45, 7) is 0.425. The van der Waals surface area contributed by atoms with Crippen LogP contribution in [0.15, 0.2) is 48.5 Å². The van der Waals surface area contributed by atoms with Crippen LogP contribution in [0.3, 0.4) is 0 Å². The molecule has 1 aliphatic rings. The standard InChI is InChI=1S/C19H15NO7/c21-16(14-5-6-17-18(11-14)26-9-8-25-17)12-27-19(22)7-4-13-2-1-3-15(10-13)20(23)24/h1-7,10-11H,8-9,12H2. The summed E-state index contributed by atoms with van der Waals surface area (Å²) in [6, 6.07) is 10.5. The number of esters is 1. The molecule has 0 radical (unpaired) electrons. The van der Waals surface area contributed by atoms with Gasteiger partial charge in [-0.1, -0.05) is 12.1 Å². The first-order valence-electron chi connectivity index (χ1n) is 8.05. The monoisotopic (exact) mass is 369 g/mol. The highest BCUT2D eigenvalue weighted by atomic mass is 16.6. The fraction of sp³-hybridized carbons (Fsp3) is 0.158. The third kappa shape index (κ3) is 4.69. The number of nitrogens with zero attached hydrogens (tertiary/aromatic N) is 1. The third-order valence-electron chi connectivity index (χ3n) is 3.70. The van der Waals surface area contributed by atoms with E-state index in [-0.39, 0.29) is 11.5 Å². The van der Waals surface area contributed by atoms with Crippen molar-refractivity contribution in [1.82, 2.24) is 0 Å². The van der Waals surface area contributed by atoms with Gasteiger partial charge in [-0.15, -0.1) is 0 Å². The number of Topliss-reactive ketones (excluding diaryl/α,β-unsaturated/α-hetero) is 1. The van der Waals surface area contributed by atoms with Crippen LogP contribution in [0.1, 0.15) is 15.9 Å². The van der Waals surface area contributed by atoms with Gasteiger partial charge in [-0.25, -0.2) is 4.79 Å². The van der Waals surface area contributed by atoms with Crippen molar-refractivity contribution in [2.45, 2.75) is 0 Å². The summed E-state index contributed by atoms with van der Waals surface area (Å²) in [7, 11) is 0. The van der Waals surface area contributed by atoms with Gasteiger partial charge in [0.15, 0.2) is 23.9 Å². The van der Waals surface area contributed by atoms with Crippen LogP contribution in [0.4, 0.5) is 5.69 Å². The summed E-state index contributed by atoms with van der Waals surface area (Å²) >= 11 is 0. The quantitative estimate of drug-likeness (QED) is 0.253. The van der Waals surface area contributed by atoms with Crippen molar-refractivity contribution >= 4 is 23.5 Å². The predicted octanol–water partition coefficient (Wildman–Crippen LogP) is 2.81. The fourth-order valence-corrected chi connectivity index (χ4v) is 2.39. The van der Waals surface area contributed by atoms with Crippen molar-refractivity contribution in [3.8, 4) is 11.5 Å². The van der Waals surface area contributed by atoms with Gasteiger partial charge in [-0.05, 0) is 29.8 Å². The number of non-ortho nitro benzene ring substituents is 1. The topological polar surface area (TPSA) is 105 Å². The normalized spacial score (nSPS) is 12.6. The molecule has 0 atom stereocenters. The first-order valence-corrected chi connectivity index (χ1v) is 8.05. The molecule has 8 heteroatoms. The Hall–Kier alpha value is -3.68. The highest BCUT2D eigenvalue weighted by Crippen LogP contribution is 2.30. The zero-order chi connectivity index (χ0) is 19.2. The number of hydrogen-bond donors (Lipinski definition) is 0. The van der Waals surface area contributed by atoms with E-state index in [9.17, 15) is 19.7 Å². The number of carbonyl (C=O) groups excluding carboxylic acids is 2. The molecule has 0 unspecified atom stereocenters. The Morgan fingerprint density at radius 1 is 1.11 bits per heavy atom. The Kier molecular flexibility index (Phi) is 5.46. The Bertz CT molecular complexity index is 920. The zero-order valence-electron chi connectivity index (χ0n) is 14.1. The Labute approximate surface area is 154 Å². The van der Waals surface area contributed by atoms with E-state index in [1.807, 2.05) is 0 Å². The number of ether oxygens (including phenoxy) is 3. The minimum atomic E-state index is -0.729. The van der Waals surface area contributed by atoms with Gasteiger partial charge in [-0.3, -0.25) is 14.9 Å². The molecule has 0 N–H and O–H groups in total. The number of rotatable bonds is 6. The average molecular weight is 369 g/mol. The summed E-state index contributed by atoms with van der Waals surface area (Å²) in [5, 5.41) is 10.7. The van der Waals surface area contributed by atoms with Crippen LogP contribution >= 0.6 is 0 Å². The third-order valence-corrected chi connectivity index (χ3v) is 3.70. The number of nitro groups is 1. The highest BCUT2D eigenvalue weighted by molar-refractivity contribution is 5.99. The van der Waals surface area contributed by atoms with Crippen LogP contribution in [0.2, 0.25) is 0 Å². The van der Waals surface area contributed by atoms with Crippen LogP contribution in [0, 0.1) is 10.1 Å². The van der Waals surface area contributed by atoms with Crippen molar-refractivity contribution in [3.63, 3.8) is 0 Å². The summed E-state index contributed by atoms with van der Waals surface area (Å²) in [4.78, 5) is 34.1. The lowest BCUT2D eigenvalue weighted by Gasteiger charge is -2.18. The maximum atomic E-state index is 12.2. The maximum absolute atomic E-state index is 12.2. The molecule has 27 heavy (non-hydrogen) atoms. The first kappa shape index (κ1) is 18.1. The molecule has 1 aliphatic heterocycles. The van der Waals surface area contributed by atoms with Gasteiger partial charge in [0.05, 0.1) is 4.92 Å². The van der Waals surface area contributed by atoms with E-state index < -0.39 is 17.5 Å². The highest BCUT2D eigenvalue weighted by Gasteiger charge is 2.15. The average Bonchev–Trinajstić information content (AvgIpc) is 2.70. The molecule has 0 aliphatic carbocycles. The summed E-state index contributed by atoms with van der Waals surface area (Å²) in [6.07, 6.45) is 2.49. The summed E-state index contributed by atoms with van der Waals surface area (Å²) < 4.78 is 15.7. The molecule has 138 valence electrons. The number of benzene rings is 2. The van der Waals surface area contributed by atoms with Crippen molar-refractivity contribution in [2.24, 2.45) is 0 Å². The fourth-order valence-electron chi connectivity index (χ4n) is 2.39. The predicted molar refractivity (Wildman–Crippen MR) is 94.9 cm³/mol. The largest absolute Gasteiger partial charge is 0.486 e. The van der Waals surface area contributed by atoms with Crippen molar-refractivity contribution in [2.75, 3.05) is 19.8 Å². The van der Waals surface area contributed by atoms with Crippen LogP contribution in [0.5, 0.6) is 11.5 Å². The molecular weight excluding hydrogens is 354 g/mol. The summed E-state index contributed by atoms with van der Waals surface area (Å²) in [5.41, 5.74) is 0.730. The second kappa shape index (κ2) is 8.13. The second-order valence-corrected chi connectivity index (χ2v) is 5.57. The minimum absolute atomic E-state index is 0.0840. The first-order chi connectivity index (χ1) is 13.0. The lowest BCUT2D eigenvalue weighted by Crippen LogP contribution is -2.17. The van der Waals surface area contributed by atoms with Crippen LogP contribution in [-0.2, 0) is 9.53 Å². The number of nitro benzene ring substituents is 1. The minimum Gasteiger partial charge on any atom is -0.486 e. The summed E-state index contributed by atoms with van der Waals surface area (Å²) in [5.74, 6) is -0.0739. The number of fused-ring (bicyclic) bond motifs is 1. The van der Waals surface area contributed by atoms with E-state index in [0.29, 0.717) is 35.8 Å². The number of carbonyl (C=O) groups is 2. The molecule has 0 aromatic heterocycles. The van der Waals surface area contributed by atoms with E-state index >= 15 is 0 Å². The Morgan fingerprint density at radius 2 is 1.89 bits per heavy atom. The van der Waals surface area contributed by atoms with Crippen LogP contribution in [-0.4, -0.2) is 36.5 Å². The van der Waals surface area contributed by atoms with E-state index in [2.05, 4.69) is 0 Å². The lowest BCUT2D eigenvalue weighted by atomic mass is 10.1. The van der Waals surface area contributed by atoms with E-state index in [4.69, 9.17) is 14.2 Å². The van der Waals surface area contributed by atoms with Gasteiger partial charge in [0.2, 0.25) is 0 Å². The molecule has 0 spiro atoms. The molecule has 8 nitrogen and oxygen atoms in total. The molecule has 0 amide bonds. The molecule has 0 saturated heterocycles. The van der Waals surface area contributed by atoms with E-state index in [1.165, 1.54) is 24.3 Å². The molecule has 1 heterocycles.